The van der Waals surface area contributed by atoms with Gasteiger partial charge in [-0.05, 0) is 38.2 Å². The first-order valence-corrected chi connectivity index (χ1v) is 6.72. The molecule has 1 aromatic rings. The van der Waals surface area contributed by atoms with Gasteiger partial charge in [0.25, 0.3) is 0 Å². The fourth-order valence-corrected chi connectivity index (χ4v) is 2.38. The zero-order valence-corrected chi connectivity index (χ0v) is 10.7. The quantitative estimate of drug-likeness (QED) is 0.844. The van der Waals surface area contributed by atoms with Crippen molar-refractivity contribution in [1.29, 1.82) is 0 Å². The van der Waals surface area contributed by atoms with Crippen molar-refractivity contribution in [3.63, 3.8) is 0 Å². The van der Waals surface area contributed by atoms with Gasteiger partial charge < -0.3 is 10.1 Å². The molecular formula is C15H23NO. The van der Waals surface area contributed by atoms with Crippen LogP contribution in [0.1, 0.15) is 31.7 Å². The van der Waals surface area contributed by atoms with Crippen molar-refractivity contribution in [2.75, 3.05) is 13.2 Å². The van der Waals surface area contributed by atoms with Crippen molar-refractivity contribution >= 4 is 0 Å². The van der Waals surface area contributed by atoms with Gasteiger partial charge in [-0.15, -0.1) is 0 Å². The molecule has 1 atom stereocenters. The first-order chi connectivity index (χ1) is 8.34. The van der Waals surface area contributed by atoms with Crippen LogP contribution in [-0.4, -0.2) is 25.3 Å². The topological polar surface area (TPSA) is 21.3 Å². The lowest BCUT2D eigenvalue weighted by atomic mass is 10.0. The highest BCUT2D eigenvalue weighted by Gasteiger charge is 2.15. The zero-order valence-electron chi connectivity index (χ0n) is 10.7. The summed E-state index contributed by atoms with van der Waals surface area (Å²) in [7, 11) is 0. The molecule has 0 radical (unpaired) electrons. The van der Waals surface area contributed by atoms with Gasteiger partial charge in [0.15, 0.2) is 0 Å². The molecule has 0 bridgehead atoms. The molecule has 1 aromatic carbocycles. The number of hydrogen-bond acceptors (Lipinski definition) is 2. The molecule has 2 rings (SSSR count). The molecule has 0 spiro atoms. The molecule has 17 heavy (non-hydrogen) atoms. The van der Waals surface area contributed by atoms with Gasteiger partial charge in [-0.2, -0.15) is 0 Å². The van der Waals surface area contributed by atoms with Gasteiger partial charge in [-0.25, -0.2) is 0 Å². The molecule has 1 aliphatic heterocycles. The van der Waals surface area contributed by atoms with Crippen LogP contribution in [0, 0.1) is 0 Å². The molecule has 1 unspecified atom stereocenters. The van der Waals surface area contributed by atoms with Crippen molar-refractivity contribution in [1.82, 2.24) is 5.32 Å². The second kappa shape index (κ2) is 6.77. The van der Waals surface area contributed by atoms with Crippen LogP contribution in [0.4, 0.5) is 0 Å². The van der Waals surface area contributed by atoms with E-state index in [2.05, 4.69) is 42.6 Å². The SMILES string of the molecule is CC(CCc1ccccc1)NC1CCOCC1. The Morgan fingerprint density at radius 3 is 2.65 bits per heavy atom. The van der Waals surface area contributed by atoms with E-state index in [0.717, 1.165) is 32.5 Å². The Labute approximate surface area is 104 Å². The maximum absolute atomic E-state index is 5.37. The minimum absolute atomic E-state index is 0.596. The summed E-state index contributed by atoms with van der Waals surface area (Å²) in [5.74, 6) is 0. The van der Waals surface area contributed by atoms with Crippen molar-refractivity contribution in [2.24, 2.45) is 0 Å². The first kappa shape index (κ1) is 12.6. The summed E-state index contributed by atoms with van der Waals surface area (Å²) >= 11 is 0. The molecule has 1 aliphatic rings. The van der Waals surface area contributed by atoms with Crippen molar-refractivity contribution in [3.05, 3.63) is 35.9 Å². The fourth-order valence-electron chi connectivity index (χ4n) is 2.38. The third kappa shape index (κ3) is 4.49. The molecule has 1 N–H and O–H groups in total. The highest BCUT2D eigenvalue weighted by atomic mass is 16.5. The molecule has 0 amide bonds. The second-order valence-electron chi connectivity index (χ2n) is 4.98. The van der Waals surface area contributed by atoms with E-state index in [1.807, 2.05) is 0 Å². The van der Waals surface area contributed by atoms with E-state index < -0.39 is 0 Å². The highest BCUT2D eigenvalue weighted by Crippen LogP contribution is 2.10. The Morgan fingerprint density at radius 1 is 1.24 bits per heavy atom. The van der Waals surface area contributed by atoms with Crippen LogP contribution in [0.5, 0.6) is 0 Å². The molecule has 0 aliphatic carbocycles. The summed E-state index contributed by atoms with van der Waals surface area (Å²) in [6.45, 7) is 4.13. The largest absolute Gasteiger partial charge is 0.381 e. The van der Waals surface area contributed by atoms with E-state index in [1.54, 1.807) is 0 Å². The lowest BCUT2D eigenvalue weighted by Crippen LogP contribution is -2.40. The van der Waals surface area contributed by atoms with Gasteiger partial charge in [-0.3, -0.25) is 0 Å². The maximum atomic E-state index is 5.37. The second-order valence-corrected chi connectivity index (χ2v) is 4.98. The number of rotatable bonds is 5. The van der Waals surface area contributed by atoms with Gasteiger partial charge in [-0.1, -0.05) is 30.3 Å². The van der Waals surface area contributed by atoms with Crippen LogP contribution in [0.15, 0.2) is 30.3 Å². The van der Waals surface area contributed by atoms with Crippen molar-refractivity contribution in [3.8, 4) is 0 Å². The van der Waals surface area contributed by atoms with E-state index in [9.17, 15) is 0 Å². The van der Waals surface area contributed by atoms with Gasteiger partial charge in [0.05, 0.1) is 0 Å². The Balaban J connectivity index is 1.68. The van der Waals surface area contributed by atoms with E-state index in [4.69, 9.17) is 4.74 Å². The van der Waals surface area contributed by atoms with Crippen LogP contribution >= 0.6 is 0 Å². The predicted molar refractivity (Wildman–Crippen MR) is 71.2 cm³/mol. The van der Waals surface area contributed by atoms with Crippen LogP contribution < -0.4 is 5.32 Å². The molecule has 0 saturated carbocycles. The predicted octanol–water partition coefficient (Wildman–Crippen LogP) is 2.78. The van der Waals surface area contributed by atoms with E-state index in [1.165, 1.54) is 12.0 Å². The molecule has 2 heteroatoms. The third-order valence-corrected chi connectivity index (χ3v) is 3.45. The maximum Gasteiger partial charge on any atom is 0.0480 e. The number of ether oxygens (including phenoxy) is 1. The van der Waals surface area contributed by atoms with E-state index in [0.29, 0.717) is 12.1 Å². The van der Waals surface area contributed by atoms with Crippen molar-refractivity contribution < 1.29 is 4.74 Å². The van der Waals surface area contributed by atoms with E-state index >= 15 is 0 Å². The monoisotopic (exact) mass is 233 g/mol. The van der Waals surface area contributed by atoms with Gasteiger partial charge in [0, 0.05) is 25.3 Å². The molecule has 94 valence electrons. The lowest BCUT2D eigenvalue weighted by molar-refractivity contribution is 0.0752. The van der Waals surface area contributed by atoms with Crippen LogP contribution in [0.2, 0.25) is 0 Å². The minimum Gasteiger partial charge on any atom is -0.381 e. The summed E-state index contributed by atoms with van der Waals surface area (Å²) in [6, 6.07) is 12.0. The Bertz CT molecular complexity index is 306. The number of hydrogen-bond donors (Lipinski definition) is 1. The normalized spacial score (nSPS) is 19.1. The summed E-state index contributed by atoms with van der Waals surface area (Å²) in [6.07, 6.45) is 4.70. The lowest BCUT2D eigenvalue weighted by Gasteiger charge is -2.26. The average molecular weight is 233 g/mol. The number of nitrogens with one attached hydrogen (secondary N) is 1. The smallest absolute Gasteiger partial charge is 0.0480 e. The number of aryl methyl sites for hydroxylation is 1. The minimum atomic E-state index is 0.596. The Hall–Kier alpha value is -0.860. The molecule has 0 aromatic heterocycles. The summed E-state index contributed by atoms with van der Waals surface area (Å²) in [5.41, 5.74) is 1.44. The fraction of sp³-hybridized carbons (Fsp3) is 0.600. The molecule has 2 nitrogen and oxygen atoms in total. The molecule has 1 saturated heterocycles. The first-order valence-electron chi connectivity index (χ1n) is 6.72. The van der Waals surface area contributed by atoms with Gasteiger partial charge in [0.1, 0.15) is 0 Å². The van der Waals surface area contributed by atoms with E-state index in [-0.39, 0.29) is 0 Å². The van der Waals surface area contributed by atoms with Gasteiger partial charge >= 0.3 is 0 Å². The highest BCUT2D eigenvalue weighted by molar-refractivity contribution is 5.14. The number of benzene rings is 1. The van der Waals surface area contributed by atoms with Crippen LogP contribution in [0.25, 0.3) is 0 Å². The standard InChI is InChI=1S/C15H23NO/c1-13(16-15-9-11-17-12-10-15)7-8-14-5-3-2-4-6-14/h2-6,13,15-16H,7-12H2,1H3. The summed E-state index contributed by atoms with van der Waals surface area (Å²) < 4.78 is 5.37. The molecular weight excluding hydrogens is 210 g/mol. The molecule has 1 fully saturated rings. The van der Waals surface area contributed by atoms with Crippen molar-refractivity contribution in [2.45, 2.75) is 44.7 Å². The Kier molecular flexibility index (Phi) is 5.02. The summed E-state index contributed by atoms with van der Waals surface area (Å²) in [4.78, 5) is 0. The molecule has 1 heterocycles. The van der Waals surface area contributed by atoms with Crippen LogP contribution in [-0.2, 0) is 11.2 Å². The van der Waals surface area contributed by atoms with Gasteiger partial charge in [0.2, 0.25) is 0 Å². The third-order valence-electron chi connectivity index (χ3n) is 3.45. The Morgan fingerprint density at radius 2 is 1.94 bits per heavy atom. The van der Waals surface area contributed by atoms with Crippen LogP contribution in [0.3, 0.4) is 0 Å². The zero-order chi connectivity index (χ0) is 11.9. The average Bonchev–Trinajstić information content (AvgIpc) is 2.39. The summed E-state index contributed by atoms with van der Waals surface area (Å²) in [5, 5.41) is 3.71.